The second-order valence-corrected chi connectivity index (χ2v) is 3.80. The summed E-state index contributed by atoms with van der Waals surface area (Å²) in [5, 5.41) is 0.244. The lowest BCUT2D eigenvalue weighted by Gasteiger charge is -2.30. The standard InChI is InChI=1S/C8H15ClO/c1-6(2)8-7(9)4-3-5-10-8/h6-8H,3-5H2,1-2H3/t7-,8-/m1/s1. The van der Waals surface area contributed by atoms with Gasteiger partial charge >= 0.3 is 0 Å². The molecule has 2 heteroatoms. The van der Waals surface area contributed by atoms with E-state index in [0.29, 0.717) is 5.92 Å². The molecular weight excluding hydrogens is 148 g/mol. The molecule has 0 unspecified atom stereocenters. The monoisotopic (exact) mass is 162 g/mol. The maximum atomic E-state index is 6.05. The normalized spacial score (nSPS) is 34.8. The van der Waals surface area contributed by atoms with Gasteiger partial charge in [0.05, 0.1) is 11.5 Å². The first-order valence-corrected chi connectivity index (χ1v) is 4.41. The van der Waals surface area contributed by atoms with E-state index in [0.717, 1.165) is 19.4 Å². The molecule has 0 saturated carbocycles. The molecule has 1 saturated heterocycles. The van der Waals surface area contributed by atoms with Crippen molar-refractivity contribution in [2.45, 2.75) is 38.2 Å². The predicted octanol–water partition coefficient (Wildman–Crippen LogP) is 2.43. The van der Waals surface area contributed by atoms with Gasteiger partial charge in [0.1, 0.15) is 0 Å². The molecule has 0 aromatic carbocycles. The quantitative estimate of drug-likeness (QED) is 0.539. The van der Waals surface area contributed by atoms with Gasteiger partial charge < -0.3 is 4.74 Å². The van der Waals surface area contributed by atoms with Crippen molar-refractivity contribution in [1.82, 2.24) is 0 Å². The van der Waals surface area contributed by atoms with Crippen LogP contribution in [0.5, 0.6) is 0 Å². The number of hydrogen-bond acceptors (Lipinski definition) is 1. The van der Waals surface area contributed by atoms with E-state index in [2.05, 4.69) is 13.8 Å². The minimum absolute atomic E-state index is 0.244. The van der Waals surface area contributed by atoms with E-state index in [-0.39, 0.29) is 11.5 Å². The molecule has 0 spiro atoms. The molecule has 0 aromatic rings. The van der Waals surface area contributed by atoms with Gasteiger partial charge in [0, 0.05) is 6.61 Å². The minimum atomic E-state index is 0.244. The van der Waals surface area contributed by atoms with Crippen LogP contribution in [0.4, 0.5) is 0 Å². The Labute approximate surface area is 67.7 Å². The molecule has 0 aromatic heterocycles. The molecule has 1 fully saturated rings. The molecule has 1 aliphatic heterocycles. The van der Waals surface area contributed by atoms with Crippen molar-refractivity contribution >= 4 is 11.6 Å². The van der Waals surface area contributed by atoms with Gasteiger partial charge in [0.15, 0.2) is 0 Å². The summed E-state index contributed by atoms with van der Waals surface area (Å²) >= 11 is 6.05. The van der Waals surface area contributed by atoms with Gasteiger partial charge in [-0.2, -0.15) is 0 Å². The lowest BCUT2D eigenvalue weighted by molar-refractivity contribution is -0.00821. The van der Waals surface area contributed by atoms with Gasteiger partial charge in [-0.3, -0.25) is 0 Å². The van der Waals surface area contributed by atoms with Gasteiger partial charge in [-0.1, -0.05) is 13.8 Å². The molecule has 1 heterocycles. The van der Waals surface area contributed by atoms with Crippen LogP contribution in [0, 0.1) is 5.92 Å². The Hall–Kier alpha value is 0.250. The number of rotatable bonds is 1. The predicted molar refractivity (Wildman–Crippen MR) is 43.5 cm³/mol. The number of alkyl halides is 1. The Morgan fingerprint density at radius 3 is 2.60 bits per heavy atom. The summed E-state index contributed by atoms with van der Waals surface area (Å²) in [6.07, 6.45) is 2.53. The van der Waals surface area contributed by atoms with E-state index in [1.165, 1.54) is 0 Å². The van der Waals surface area contributed by atoms with Crippen molar-refractivity contribution in [2.75, 3.05) is 6.61 Å². The molecule has 0 aliphatic carbocycles. The summed E-state index contributed by atoms with van der Waals surface area (Å²) in [5.41, 5.74) is 0. The number of ether oxygens (including phenoxy) is 1. The third kappa shape index (κ3) is 1.86. The fraction of sp³-hybridized carbons (Fsp3) is 1.00. The molecule has 0 bridgehead atoms. The Balaban J connectivity index is 2.40. The van der Waals surface area contributed by atoms with E-state index >= 15 is 0 Å². The highest BCUT2D eigenvalue weighted by molar-refractivity contribution is 6.21. The van der Waals surface area contributed by atoms with Crippen molar-refractivity contribution in [1.29, 1.82) is 0 Å². The lowest BCUT2D eigenvalue weighted by Crippen LogP contribution is -2.34. The molecule has 1 aliphatic rings. The van der Waals surface area contributed by atoms with Crippen LogP contribution in [0.2, 0.25) is 0 Å². The van der Waals surface area contributed by atoms with E-state index in [1.807, 2.05) is 0 Å². The van der Waals surface area contributed by atoms with Gasteiger partial charge in [-0.05, 0) is 18.8 Å². The van der Waals surface area contributed by atoms with Crippen LogP contribution in [-0.2, 0) is 4.74 Å². The van der Waals surface area contributed by atoms with Crippen LogP contribution in [0.3, 0.4) is 0 Å². The summed E-state index contributed by atoms with van der Waals surface area (Å²) in [5.74, 6) is 0.558. The highest BCUT2D eigenvalue weighted by atomic mass is 35.5. The molecular formula is C8H15ClO. The topological polar surface area (TPSA) is 9.23 Å². The van der Waals surface area contributed by atoms with Crippen LogP contribution in [0.25, 0.3) is 0 Å². The summed E-state index contributed by atoms with van der Waals surface area (Å²) in [6.45, 7) is 5.21. The highest BCUT2D eigenvalue weighted by Crippen LogP contribution is 2.24. The van der Waals surface area contributed by atoms with Crippen molar-refractivity contribution in [3.05, 3.63) is 0 Å². The Morgan fingerprint density at radius 2 is 2.20 bits per heavy atom. The van der Waals surface area contributed by atoms with Crippen LogP contribution in [0.15, 0.2) is 0 Å². The average Bonchev–Trinajstić information content (AvgIpc) is 1.88. The summed E-state index contributed by atoms with van der Waals surface area (Å²) in [7, 11) is 0. The van der Waals surface area contributed by atoms with Gasteiger partial charge in [-0.25, -0.2) is 0 Å². The first-order chi connectivity index (χ1) is 4.72. The third-order valence-electron chi connectivity index (χ3n) is 1.95. The van der Waals surface area contributed by atoms with Crippen molar-refractivity contribution in [3.63, 3.8) is 0 Å². The Morgan fingerprint density at radius 1 is 1.50 bits per heavy atom. The fourth-order valence-corrected chi connectivity index (χ4v) is 1.89. The molecule has 1 rings (SSSR count). The zero-order valence-electron chi connectivity index (χ0n) is 6.64. The van der Waals surface area contributed by atoms with E-state index in [1.54, 1.807) is 0 Å². The van der Waals surface area contributed by atoms with E-state index in [9.17, 15) is 0 Å². The van der Waals surface area contributed by atoms with E-state index in [4.69, 9.17) is 16.3 Å². The first kappa shape index (κ1) is 8.35. The smallest absolute Gasteiger partial charge is 0.0761 e. The molecule has 10 heavy (non-hydrogen) atoms. The van der Waals surface area contributed by atoms with Gasteiger partial charge in [0.2, 0.25) is 0 Å². The largest absolute Gasteiger partial charge is 0.376 e. The van der Waals surface area contributed by atoms with Crippen LogP contribution in [0.1, 0.15) is 26.7 Å². The first-order valence-electron chi connectivity index (χ1n) is 3.97. The Bertz CT molecular complexity index is 103. The van der Waals surface area contributed by atoms with Crippen molar-refractivity contribution < 1.29 is 4.74 Å². The maximum absolute atomic E-state index is 6.05. The zero-order chi connectivity index (χ0) is 7.56. The molecule has 0 radical (unpaired) electrons. The number of hydrogen-bond donors (Lipinski definition) is 0. The van der Waals surface area contributed by atoms with Crippen molar-refractivity contribution in [2.24, 2.45) is 5.92 Å². The van der Waals surface area contributed by atoms with Crippen LogP contribution in [-0.4, -0.2) is 18.1 Å². The zero-order valence-corrected chi connectivity index (χ0v) is 7.40. The molecule has 0 amide bonds. The van der Waals surface area contributed by atoms with Crippen molar-refractivity contribution in [3.8, 4) is 0 Å². The SMILES string of the molecule is CC(C)[C@H]1OCCC[C@H]1Cl. The number of halogens is 1. The molecule has 0 N–H and O–H groups in total. The fourth-order valence-electron chi connectivity index (χ4n) is 1.38. The minimum Gasteiger partial charge on any atom is -0.376 e. The molecule has 1 nitrogen and oxygen atoms in total. The van der Waals surface area contributed by atoms with Gasteiger partial charge in [0.25, 0.3) is 0 Å². The summed E-state index contributed by atoms with van der Waals surface area (Å²) in [6, 6.07) is 0. The van der Waals surface area contributed by atoms with Crippen LogP contribution >= 0.6 is 11.6 Å². The summed E-state index contributed by atoms with van der Waals surface area (Å²) in [4.78, 5) is 0. The second-order valence-electron chi connectivity index (χ2n) is 3.24. The third-order valence-corrected chi connectivity index (χ3v) is 2.41. The molecule has 2 atom stereocenters. The average molecular weight is 163 g/mol. The van der Waals surface area contributed by atoms with E-state index < -0.39 is 0 Å². The highest BCUT2D eigenvalue weighted by Gasteiger charge is 2.26. The van der Waals surface area contributed by atoms with Crippen LogP contribution < -0.4 is 0 Å². The molecule has 60 valence electrons. The Kier molecular flexibility index (Phi) is 2.99. The lowest BCUT2D eigenvalue weighted by atomic mass is 9.99. The van der Waals surface area contributed by atoms with Gasteiger partial charge in [-0.15, -0.1) is 11.6 Å². The maximum Gasteiger partial charge on any atom is 0.0761 e. The summed E-state index contributed by atoms with van der Waals surface area (Å²) < 4.78 is 5.52. The second kappa shape index (κ2) is 3.59.